The average Bonchev–Trinajstić information content (AvgIpc) is 2.62. The topological polar surface area (TPSA) is 51.2 Å². The van der Waals surface area contributed by atoms with Gasteiger partial charge in [0.1, 0.15) is 0 Å². The molecule has 2 rings (SSSR count). The fourth-order valence-corrected chi connectivity index (χ4v) is 2.00. The predicted molar refractivity (Wildman–Crippen MR) is 55.8 cm³/mol. The minimum atomic E-state index is 0.393. The molecule has 0 atom stereocenters. The van der Waals surface area contributed by atoms with Gasteiger partial charge in [0.2, 0.25) is 0 Å². The van der Waals surface area contributed by atoms with Gasteiger partial charge in [-0.25, -0.2) is 0 Å². The molecule has 0 amide bonds. The van der Waals surface area contributed by atoms with E-state index in [-0.39, 0.29) is 0 Å². The summed E-state index contributed by atoms with van der Waals surface area (Å²) in [6, 6.07) is 1.99. The fraction of sp³-hybridized carbons (Fsp3) is 0.636. The zero-order valence-electron chi connectivity index (χ0n) is 8.46. The van der Waals surface area contributed by atoms with Gasteiger partial charge < -0.3 is 15.5 Å². The van der Waals surface area contributed by atoms with Crippen LogP contribution in [0.25, 0.3) is 0 Å². The molecule has 1 saturated carbocycles. The van der Waals surface area contributed by atoms with Crippen LogP contribution < -0.4 is 11.1 Å². The molecule has 0 aromatic carbocycles. The maximum atomic E-state index is 5.77. The van der Waals surface area contributed by atoms with E-state index in [0.29, 0.717) is 5.41 Å². The van der Waals surface area contributed by atoms with Crippen molar-refractivity contribution in [1.29, 1.82) is 0 Å². The number of nitrogens with one attached hydrogen (secondary N) is 1. The van der Waals surface area contributed by atoms with Gasteiger partial charge in [0, 0.05) is 18.7 Å². The summed E-state index contributed by atoms with van der Waals surface area (Å²) in [5.41, 5.74) is 7.37. The molecule has 1 aliphatic carbocycles. The molecule has 1 aliphatic rings. The van der Waals surface area contributed by atoms with Gasteiger partial charge in [-0.1, -0.05) is 6.42 Å². The molecular formula is C11H18N2O. The van der Waals surface area contributed by atoms with Crippen LogP contribution in [0, 0.1) is 5.41 Å². The number of hydrogen-bond donors (Lipinski definition) is 2. The molecule has 1 aromatic rings. The Morgan fingerprint density at radius 1 is 1.50 bits per heavy atom. The van der Waals surface area contributed by atoms with Gasteiger partial charge in [0.15, 0.2) is 0 Å². The van der Waals surface area contributed by atoms with Gasteiger partial charge in [-0.3, -0.25) is 0 Å². The third-order valence-corrected chi connectivity index (χ3v) is 3.26. The molecule has 1 aromatic heterocycles. The fourth-order valence-electron chi connectivity index (χ4n) is 2.00. The molecule has 0 saturated heterocycles. The molecule has 3 heteroatoms. The molecule has 3 nitrogen and oxygen atoms in total. The highest BCUT2D eigenvalue weighted by Gasteiger charge is 2.34. The Labute approximate surface area is 84.7 Å². The van der Waals surface area contributed by atoms with Crippen LogP contribution in [0.1, 0.15) is 24.8 Å². The van der Waals surface area contributed by atoms with Crippen molar-refractivity contribution in [3.05, 3.63) is 24.2 Å². The quantitative estimate of drug-likeness (QED) is 0.746. The zero-order chi connectivity index (χ0) is 9.86. The maximum absolute atomic E-state index is 5.77. The molecule has 0 aliphatic heterocycles. The zero-order valence-corrected chi connectivity index (χ0v) is 8.46. The van der Waals surface area contributed by atoms with E-state index in [1.807, 2.05) is 6.07 Å². The van der Waals surface area contributed by atoms with Crippen LogP contribution in [0.5, 0.6) is 0 Å². The molecule has 78 valence electrons. The molecule has 1 fully saturated rings. The van der Waals surface area contributed by atoms with Crippen molar-refractivity contribution in [2.45, 2.75) is 25.8 Å². The standard InChI is InChI=1S/C11H18N2O/c12-8-11(3-1-4-11)9-13-6-10-2-5-14-7-10/h2,5,7,13H,1,3-4,6,8-9,12H2. The van der Waals surface area contributed by atoms with Gasteiger partial charge in [0.25, 0.3) is 0 Å². The normalized spacial score (nSPS) is 19.2. The third-order valence-electron chi connectivity index (χ3n) is 3.26. The summed E-state index contributed by atoms with van der Waals surface area (Å²) in [6.07, 6.45) is 7.39. The van der Waals surface area contributed by atoms with Crippen molar-refractivity contribution in [3.8, 4) is 0 Å². The molecule has 0 bridgehead atoms. The molecular weight excluding hydrogens is 176 g/mol. The lowest BCUT2D eigenvalue weighted by Crippen LogP contribution is -2.45. The van der Waals surface area contributed by atoms with E-state index in [2.05, 4.69) is 5.32 Å². The van der Waals surface area contributed by atoms with Crippen molar-refractivity contribution in [1.82, 2.24) is 5.32 Å². The summed E-state index contributed by atoms with van der Waals surface area (Å²) in [5, 5.41) is 3.44. The summed E-state index contributed by atoms with van der Waals surface area (Å²) >= 11 is 0. The van der Waals surface area contributed by atoms with Gasteiger partial charge in [-0.15, -0.1) is 0 Å². The van der Waals surface area contributed by atoms with E-state index in [9.17, 15) is 0 Å². The van der Waals surface area contributed by atoms with Gasteiger partial charge in [-0.05, 0) is 30.9 Å². The summed E-state index contributed by atoms with van der Waals surface area (Å²) in [6.45, 7) is 2.73. The van der Waals surface area contributed by atoms with Crippen molar-refractivity contribution in [2.75, 3.05) is 13.1 Å². The number of hydrogen-bond acceptors (Lipinski definition) is 3. The van der Waals surface area contributed by atoms with Crippen LogP contribution in [0.3, 0.4) is 0 Å². The molecule has 0 radical (unpaired) electrons. The lowest BCUT2D eigenvalue weighted by molar-refractivity contribution is 0.140. The Bertz CT molecular complexity index is 259. The Morgan fingerprint density at radius 2 is 2.36 bits per heavy atom. The Balaban J connectivity index is 1.72. The van der Waals surface area contributed by atoms with Crippen LogP contribution >= 0.6 is 0 Å². The molecule has 0 unspecified atom stereocenters. The van der Waals surface area contributed by atoms with E-state index in [0.717, 1.165) is 19.6 Å². The van der Waals surface area contributed by atoms with E-state index in [1.165, 1.54) is 24.8 Å². The van der Waals surface area contributed by atoms with Gasteiger partial charge in [0.05, 0.1) is 12.5 Å². The summed E-state index contributed by atoms with van der Waals surface area (Å²) < 4.78 is 5.00. The van der Waals surface area contributed by atoms with Crippen LogP contribution in [-0.2, 0) is 6.54 Å². The van der Waals surface area contributed by atoms with E-state index >= 15 is 0 Å². The van der Waals surface area contributed by atoms with Crippen LogP contribution in [0.4, 0.5) is 0 Å². The van der Waals surface area contributed by atoms with Crippen molar-refractivity contribution in [2.24, 2.45) is 11.1 Å². The van der Waals surface area contributed by atoms with Gasteiger partial charge >= 0.3 is 0 Å². The highest BCUT2D eigenvalue weighted by atomic mass is 16.3. The molecule has 14 heavy (non-hydrogen) atoms. The molecule has 1 heterocycles. The Kier molecular flexibility index (Phi) is 2.89. The lowest BCUT2D eigenvalue weighted by atomic mass is 9.69. The second kappa shape index (κ2) is 4.15. The van der Waals surface area contributed by atoms with Crippen LogP contribution in [0.2, 0.25) is 0 Å². The molecule has 3 N–H and O–H groups in total. The average molecular weight is 194 g/mol. The second-order valence-electron chi connectivity index (χ2n) is 4.29. The second-order valence-corrected chi connectivity index (χ2v) is 4.29. The third kappa shape index (κ3) is 1.99. The Hall–Kier alpha value is -0.800. The van der Waals surface area contributed by atoms with Crippen molar-refractivity contribution >= 4 is 0 Å². The first-order valence-corrected chi connectivity index (χ1v) is 5.27. The van der Waals surface area contributed by atoms with E-state index < -0.39 is 0 Å². The minimum Gasteiger partial charge on any atom is -0.472 e. The number of nitrogens with two attached hydrogens (primary N) is 1. The Morgan fingerprint density at radius 3 is 2.86 bits per heavy atom. The van der Waals surface area contributed by atoms with Crippen LogP contribution in [-0.4, -0.2) is 13.1 Å². The highest BCUT2D eigenvalue weighted by Crippen LogP contribution is 2.39. The monoisotopic (exact) mass is 194 g/mol. The first-order chi connectivity index (χ1) is 6.85. The summed E-state index contributed by atoms with van der Waals surface area (Å²) in [5.74, 6) is 0. The van der Waals surface area contributed by atoms with Crippen molar-refractivity contribution in [3.63, 3.8) is 0 Å². The largest absolute Gasteiger partial charge is 0.472 e. The van der Waals surface area contributed by atoms with E-state index in [4.69, 9.17) is 10.2 Å². The first-order valence-electron chi connectivity index (χ1n) is 5.27. The summed E-state index contributed by atoms with van der Waals surface area (Å²) in [4.78, 5) is 0. The number of rotatable bonds is 5. The number of furan rings is 1. The highest BCUT2D eigenvalue weighted by molar-refractivity contribution is 5.04. The minimum absolute atomic E-state index is 0.393. The van der Waals surface area contributed by atoms with E-state index in [1.54, 1.807) is 12.5 Å². The van der Waals surface area contributed by atoms with Crippen LogP contribution in [0.15, 0.2) is 23.0 Å². The SMILES string of the molecule is NCC1(CNCc2ccoc2)CCC1. The summed E-state index contributed by atoms with van der Waals surface area (Å²) in [7, 11) is 0. The lowest BCUT2D eigenvalue weighted by Gasteiger charge is -2.41. The first kappa shape index (κ1) is 9.74. The van der Waals surface area contributed by atoms with Gasteiger partial charge in [-0.2, -0.15) is 0 Å². The molecule has 0 spiro atoms. The predicted octanol–water partition coefficient (Wildman–Crippen LogP) is 1.50. The van der Waals surface area contributed by atoms with Crippen molar-refractivity contribution < 1.29 is 4.42 Å². The maximum Gasteiger partial charge on any atom is 0.0947 e. The smallest absolute Gasteiger partial charge is 0.0947 e.